The van der Waals surface area contributed by atoms with Crippen LogP contribution < -0.4 is 0 Å². The fourth-order valence-electron chi connectivity index (χ4n) is 1.46. The Hall–Kier alpha value is -1.47. The zero-order valence-corrected chi connectivity index (χ0v) is 12.2. The van der Waals surface area contributed by atoms with E-state index in [1.165, 1.54) is 12.1 Å². The number of hydrogen-bond acceptors (Lipinski definition) is 5. The van der Waals surface area contributed by atoms with Crippen molar-refractivity contribution in [2.45, 2.75) is 18.7 Å². The van der Waals surface area contributed by atoms with Gasteiger partial charge in [-0.15, -0.1) is 11.6 Å². The summed E-state index contributed by atoms with van der Waals surface area (Å²) in [6, 6.07) is 4.44. The lowest BCUT2D eigenvalue weighted by Crippen LogP contribution is -1.91. The number of nitro benzene ring substituents is 1. The van der Waals surface area contributed by atoms with Crippen LogP contribution in [0.2, 0.25) is 0 Å². The van der Waals surface area contributed by atoms with Crippen molar-refractivity contribution in [3.63, 3.8) is 0 Å². The Morgan fingerprint density at radius 1 is 1.53 bits per heavy atom. The van der Waals surface area contributed by atoms with Gasteiger partial charge in [-0.1, -0.05) is 28.0 Å². The quantitative estimate of drug-likeness (QED) is 0.473. The maximum absolute atomic E-state index is 10.8. The standard InChI is InChI=1S/C11H9BrClN3O3/c1-2-9(13)10-14-11(19-15-10)6-3-7(12)5-8(4-6)16(17)18/h3-5,9H,2H2,1H3. The first-order chi connectivity index (χ1) is 9.01. The molecule has 0 spiro atoms. The Labute approximate surface area is 122 Å². The number of nitrogens with zero attached hydrogens (tertiary/aromatic N) is 3. The predicted octanol–water partition coefficient (Wildman–Crippen LogP) is 4.10. The third-order valence-corrected chi connectivity index (χ3v) is 3.38. The summed E-state index contributed by atoms with van der Waals surface area (Å²) in [7, 11) is 0. The summed E-state index contributed by atoms with van der Waals surface area (Å²) in [4.78, 5) is 14.4. The van der Waals surface area contributed by atoms with Crippen LogP contribution in [0.4, 0.5) is 5.69 Å². The highest BCUT2D eigenvalue weighted by Gasteiger charge is 2.17. The fraction of sp³-hybridized carbons (Fsp3) is 0.273. The molecular formula is C11H9BrClN3O3. The van der Waals surface area contributed by atoms with E-state index in [0.29, 0.717) is 22.3 Å². The molecule has 0 aliphatic rings. The smallest absolute Gasteiger partial charge is 0.271 e. The fourth-order valence-corrected chi connectivity index (χ4v) is 2.03. The van der Waals surface area contributed by atoms with E-state index in [4.69, 9.17) is 16.1 Å². The minimum Gasteiger partial charge on any atom is -0.334 e. The second-order valence-corrected chi connectivity index (χ2v) is 5.23. The molecule has 0 radical (unpaired) electrons. The molecule has 8 heteroatoms. The van der Waals surface area contributed by atoms with Gasteiger partial charge < -0.3 is 4.52 Å². The highest BCUT2D eigenvalue weighted by atomic mass is 79.9. The second kappa shape index (κ2) is 5.66. The molecule has 1 heterocycles. The summed E-state index contributed by atoms with van der Waals surface area (Å²) in [6.07, 6.45) is 0.666. The summed E-state index contributed by atoms with van der Waals surface area (Å²) in [5.41, 5.74) is 0.418. The second-order valence-electron chi connectivity index (χ2n) is 3.79. The van der Waals surface area contributed by atoms with Crippen molar-refractivity contribution in [2.75, 3.05) is 0 Å². The van der Waals surface area contributed by atoms with Crippen molar-refractivity contribution < 1.29 is 9.45 Å². The van der Waals surface area contributed by atoms with E-state index in [9.17, 15) is 10.1 Å². The van der Waals surface area contributed by atoms with Crippen molar-refractivity contribution in [1.29, 1.82) is 0 Å². The molecule has 2 aromatic rings. The number of hydrogen-bond donors (Lipinski definition) is 0. The van der Waals surface area contributed by atoms with Crippen molar-refractivity contribution in [2.24, 2.45) is 0 Å². The van der Waals surface area contributed by atoms with Crippen LogP contribution in [0.5, 0.6) is 0 Å². The molecule has 0 bridgehead atoms. The number of rotatable bonds is 4. The van der Waals surface area contributed by atoms with Gasteiger partial charge in [-0.25, -0.2) is 0 Å². The zero-order valence-electron chi connectivity index (χ0n) is 9.84. The molecule has 0 aliphatic carbocycles. The molecule has 1 unspecified atom stereocenters. The molecule has 0 fully saturated rings. The lowest BCUT2D eigenvalue weighted by Gasteiger charge is -1.98. The van der Waals surface area contributed by atoms with Crippen molar-refractivity contribution in [1.82, 2.24) is 10.1 Å². The average molecular weight is 347 g/mol. The Balaban J connectivity index is 2.41. The van der Waals surface area contributed by atoms with E-state index in [1.54, 1.807) is 6.07 Å². The molecule has 0 saturated carbocycles. The van der Waals surface area contributed by atoms with Crippen LogP contribution in [-0.2, 0) is 0 Å². The normalized spacial score (nSPS) is 12.4. The third-order valence-electron chi connectivity index (χ3n) is 2.42. The SMILES string of the molecule is CCC(Cl)c1noc(-c2cc(Br)cc([N+](=O)[O-])c2)n1. The molecule has 19 heavy (non-hydrogen) atoms. The van der Waals surface area contributed by atoms with Crippen LogP contribution >= 0.6 is 27.5 Å². The molecule has 2 rings (SSSR count). The maximum atomic E-state index is 10.8. The van der Waals surface area contributed by atoms with Crippen LogP contribution in [0.1, 0.15) is 24.5 Å². The van der Waals surface area contributed by atoms with Crippen molar-refractivity contribution in [3.8, 4) is 11.5 Å². The number of alkyl halides is 1. The van der Waals surface area contributed by atoms with Crippen LogP contribution in [0.15, 0.2) is 27.2 Å². The van der Waals surface area contributed by atoms with E-state index < -0.39 is 4.92 Å². The first kappa shape index (κ1) is 14.0. The van der Waals surface area contributed by atoms with E-state index in [0.717, 1.165) is 0 Å². The molecule has 6 nitrogen and oxygen atoms in total. The monoisotopic (exact) mass is 345 g/mol. The van der Waals surface area contributed by atoms with Gasteiger partial charge in [0, 0.05) is 22.2 Å². The number of benzene rings is 1. The first-order valence-electron chi connectivity index (χ1n) is 5.44. The molecule has 0 amide bonds. The molecule has 100 valence electrons. The van der Waals surface area contributed by atoms with Gasteiger partial charge in [0.15, 0.2) is 5.82 Å². The molecule has 0 aliphatic heterocycles. The molecular weight excluding hydrogens is 337 g/mol. The van der Waals surface area contributed by atoms with Gasteiger partial charge in [0.05, 0.1) is 10.3 Å². The lowest BCUT2D eigenvalue weighted by molar-refractivity contribution is -0.384. The van der Waals surface area contributed by atoms with Crippen molar-refractivity contribution in [3.05, 3.63) is 38.6 Å². The molecule has 1 aromatic heterocycles. The van der Waals surface area contributed by atoms with Crippen LogP contribution in [0.25, 0.3) is 11.5 Å². The van der Waals surface area contributed by atoms with Gasteiger partial charge in [0.25, 0.3) is 11.6 Å². The summed E-state index contributed by atoms with van der Waals surface area (Å²) in [6.45, 7) is 1.90. The minimum atomic E-state index is -0.484. The largest absolute Gasteiger partial charge is 0.334 e. The predicted molar refractivity (Wildman–Crippen MR) is 73.0 cm³/mol. The van der Waals surface area contributed by atoms with Crippen molar-refractivity contribution >= 4 is 33.2 Å². The third kappa shape index (κ3) is 3.10. The van der Waals surface area contributed by atoms with E-state index in [-0.39, 0.29) is 17.0 Å². The van der Waals surface area contributed by atoms with Gasteiger partial charge in [-0.2, -0.15) is 4.98 Å². The summed E-state index contributed by atoms with van der Waals surface area (Å²) in [5.74, 6) is 0.584. The number of non-ortho nitro benzene ring substituents is 1. The first-order valence-corrected chi connectivity index (χ1v) is 6.67. The van der Waals surface area contributed by atoms with Crippen LogP contribution in [0.3, 0.4) is 0 Å². The molecule has 0 saturated heterocycles. The summed E-state index contributed by atoms with van der Waals surface area (Å²) >= 11 is 9.21. The number of aromatic nitrogens is 2. The zero-order chi connectivity index (χ0) is 14.0. The van der Waals surface area contributed by atoms with E-state index in [1.807, 2.05) is 6.92 Å². The molecule has 0 N–H and O–H groups in total. The van der Waals surface area contributed by atoms with E-state index >= 15 is 0 Å². The average Bonchev–Trinajstić information content (AvgIpc) is 2.86. The maximum Gasteiger partial charge on any atom is 0.271 e. The van der Waals surface area contributed by atoms with Crippen LogP contribution in [0, 0.1) is 10.1 Å². The Morgan fingerprint density at radius 3 is 2.89 bits per heavy atom. The van der Waals surface area contributed by atoms with E-state index in [2.05, 4.69) is 26.1 Å². The topological polar surface area (TPSA) is 82.1 Å². The molecule has 1 atom stereocenters. The highest BCUT2D eigenvalue weighted by Crippen LogP contribution is 2.29. The summed E-state index contributed by atoms with van der Waals surface area (Å²) in [5, 5.41) is 14.2. The molecule has 1 aromatic carbocycles. The minimum absolute atomic E-state index is 0.0537. The van der Waals surface area contributed by atoms with Gasteiger partial charge >= 0.3 is 0 Å². The highest BCUT2D eigenvalue weighted by molar-refractivity contribution is 9.10. The van der Waals surface area contributed by atoms with Crippen LogP contribution in [-0.4, -0.2) is 15.1 Å². The lowest BCUT2D eigenvalue weighted by atomic mass is 10.2. The Kier molecular flexibility index (Phi) is 4.16. The van der Waals surface area contributed by atoms with Gasteiger partial charge in [0.1, 0.15) is 0 Å². The van der Waals surface area contributed by atoms with Gasteiger partial charge in [-0.3, -0.25) is 10.1 Å². The van der Waals surface area contributed by atoms with Gasteiger partial charge in [0.2, 0.25) is 0 Å². The number of nitro groups is 1. The Morgan fingerprint density at radius 2 is 2.26 bits per heavy atom. The Bertz CT molecular complexity index is 617. The number of halogens is 2. The summed E-state index contributed by atoms with van der Waals surface area (Å²) < 4.78 is 5.64. The van der Waals surface area contributed by atoms with Gasteiger partial charge in [-0.05, 0) is 12.5 Å².